The normalized spacial score (nSPS) is 11.6. The van der Waals surface area contributed by atoms with Crippen molar-refractivity contribution in [2.24, 2.45) is 0 Å². The first-order valence-electron chi connectivity index (χ1n) is 9.49. The summed E-state index contributed by atoms with van der Waals surface area (Å²) in [7, 11) is 0. The van der Waals surface area contributed by atoms with Crippen LogP contribution in [-0.4, -0.2) is 12.5 Å². The average molecular weight is 379 g/mol. The van der Waals surface area contributed by atoms with Crippen LogP contribution in [0.5, 0.6) is 11.5 Å². The van der Waals surface area contributed by atoms with Crippen molar-refractivity contribution in [3.8, 4) is 11.5 Å². The number of furan rings is 1. The van der Waals surface area contributed by atoms with Gasteiger partial charge < -0.3 is 19.2 Å². The quantitative estimate of drug-likeness (QED) is 0.559. The van der Waals surface area contributed by atoms with Crippen molar-refractivity contribution in [2.45, 2.75) is 32.9 Å². The molecule has 0 saturated heterocycles. The average Bonchev–Trinajstić information content (AvgIpc) is 3.21. The molecule has 1 atom stereocenters. The molecule has 2 aromatic carbocycles. The smallest absolute Gasteiger partial charge is 0.287 e. The predicted octanol–water partition coefficient (Wildman–Crippen LogP) is 5.14. The molecule has 5 heteroatoms. The maximum atomic E-state index is 12.5. The molecule has 3 rings (SSSR count). The summed E-state index contributed by atoms with van der Waals surface area (Å²) >= 11 is 0. The Morgan fingerprint density at radius 2 is 1.61 bits per heavy atom. The van der Waals surface area contributed by atoms with E-state index in [4.69, 9.17) is 13.9 Å². The second-order valence-electron chi connectivity index (χ2n) is 6.30. The van der Waals surface area contributed by atoms with Gasteiger partial charge in [-0.3, -0.25) is 4.79 Å². The van der Waals surface area contributed by atoms with Crippen molar-refractivity contribution in [2.75, 3.05) is 6.61 Å². The number of carbonyl (C=O) groups is 1. The summed E-state index contributed by atoms with van der Waals surface area (Å²) in [6, 6.07) is 20.7. The van der Waals surface area contributed by atoms with Crippen LogP contribution in [0, 0.1) is 0 Å². The van der Waals surface area contributed by atoms with Crippen LogP contribution >= 0.6 is 0 Å². The highest BCUT2D eigenvalue weighted by Crippen LogP contribution is 2.20. The Kier molecular flexibility index (Phi) is 6.73. The molecule has 0 aliphatic heterocycles. The highest BCUT2D eigenvalue weighted by Gasteiger charge is 2.17. The number of ether oxygens (including phenoxy) is 2. The topological polar surface area (TPSA) is 60.7 Å². The molecule has 5 nitrogen and oxygen atoms in total. The van der Waals surface area contributed by atoms with Gasteiger partial charge in [-0.15, -0.1) is 0 Å². The van der Waals surface area contributed by atoms with E-state index in [0.717, 1.165) is 17.7 Å². The monoisotopic (exact) mass is 379 g/mol. The van der Waals surface area contributed by atoms with Crippen molar-refractivity contribution >= 4 is 5.91 Å². The Balaban J connectivity index is 1.56. The van der Waals surface area contributed by atoms with E-state index in [-0.39, 0.29) is 24.3 Å². The molecule has 28 heavy (non-hydrogen) atoms. The molecule has 0 aliphatic rings. The van der Waals surface area contributed by atoms with Gasteiger partial charge in [-0.05, 0) is 55.3 Å². The lowest BCUT2D eigenvalue weighted by Crippen LogP contribution is -2.27. The summed E-state index contributed by atoms with van der Waals surface area (Å²) in [5.74, 6) is 2.14. The Hall–Kier alpha value is -3.21. The summed E-state index contributed by atoms with van der Waals surface area (Å²) in [5.41, 5.74) is 1.07. The fourth-order valence-corrected chi connectivity index (χ4v) is 2.87. The van der Waals surface area contributed by atoms with Crippen LogP contribution < -0.4 is 14.8 Å². The van der Waals surface area contributed by atoms with Gasteiger partial charge in [0.05, 0.1) is 12.6 Å². The molecule has 0 spiro atoms. The Bertz CT molecular complexity index is 871. The largest absolute Gasteiger partial charge is 0.494 e. The molecule has 0 fully saturated rings. The zero-order chi connectivity index (χ0) is 19.8. The van der Waals surface area contributed by atoms with Crippen LogP contribution in [0.2, 0.25) is 0 Å². The van der Waals surface area contributed by atoms with E-state index in [1.807, 2.05) is 68.4 Å². The first-order chi connectivity index (χ1) is 13.7. The van der Waals surface area contributed by atoms with Crippen molar-refractivity contribution < 1.29 is 18.7 Å². The van der Waals surface area contributed by atoms with Crippen LogP contribution in [0.3, 0.4) is 0 Å². The third-order valence-corrected chi connectivity index (χ3v) is 4.32. The standard InChI is InChI=1S/C23H25NO4/c1-3-21(17-8-6-5-7-9-17)24-23(25)22-15-14-20(28-22)16-27-19-12-10-18(11-13-19)26-4-2/h5-15,21H,3-4,16H2,1-2H3,(H,24,25). The maximum absolute atomic E-state index is 12.5. The molecule has 0 saturated carbocycles. The summed E-state index contributed by atoms with van der Waals surface area (Å²) in [5, 5.41) is 3.02. The van der Waals surface area contributed by atoms with Gasteiger partial charge in [0.25, 0.3) is 5.91 Å². The van der Waals surface area contributed by atoms with Gasteiger partial charge >= 0.3 is 0 Å². The highest BCUT2D eigenvalue weighted by molar-refractivity contribution is 5.91. The number of rotatable bonds is 9. The van der Waals surface area contributed by atoms with E-state index >= 15 is 0 Å². The number of hydrogen-bond donors (Lipinski definition) is 1. The molecule has 1 N–H and O–H groups in total. The zero-order valence-electron chi connectivity index (χ0n) is 16.2. The molecule has 1 heterocycles. The van der Waals surface area contributed by atoms with Crippen molar-refractivity contribution in [1.82, 2.24) is 5.32 Å². The molecule has 0 radical (unpaired) electrons. The second kappa shape index (κ2) is 9.65. The minimum absolute atomic E-state index is 0.0534. The summed E-state index contributed by atoms with van der Waals surface area (Å²) in [4.78, 5) is 12.5. The van der Waals surface area contributed by atoms with Gasteiger partial charge in [0, 0.05) is 0 Å². The van der Waals surface area contributed by atoms with Crippen molar-refractivity contribution in [3.05, 3.63) is 83.8 Å². The fourth-order valence-electron chi connectivity index (χ4n) is 2.87. The summed E-state index contributed by atoms with van der Waals surface area (Å²) < 4.78 is 16.8. The van der Waals surface area contributed by atoms with E-state index in [9.17, 15) is 4.79 Å². The van der Waals surface area contributed by atoms with Crippen LogP contribution in [-0.2, 0) is 6.61 Å². The van der Waals surface area contributed by atoms with E-state index in [1.54, 1.807) is 12.1 Å². The number of amides is 1. The third kappa shape index (κ3) is 5.16. The first kappa shape index (κ1) is 19.5. The number of benzene rings is 2. The molecule has 1 amide bonds. The molecule has 0 aliphatic carbocycles. The molecule has 1 unspecified atom stereocenters. The van der Waals surface area contributed by atoms with Crippen LogP contribution in [0.4, 0.5) is 0 Å². The molecule has 1 aromatic heterocycles. The summed E-state index contributed by atoms with van der Waals surface area (Å²) in [6.45, 7) is 4.85. The van der Waals surface area contributed by atoms with Gasteiger partial charge in [-0.1, -0.05) is 37.3 Å². The van der Waals surface area contributed by atoms with Crippen LogP contribution in [0.1, 0.15) is 48.2 Å². The summed E-state index contributed by atoms with van der Waals surface area (Å²) in [6.07, 6.45) is 0.796. The number of hydrogen-bond acceptors (Lipinski definition) is 4. The van der Waals surface area contributed by atoms with E-state index in [0.29, 0.717) is 18.1 Å². The lowest BCUT2D eigenvalue weighted by molar-refractivity contribution is 0.0903. The number of nitrogens with one attached hydrogen (secondary N) is 1. The van der Waals surface area contributed by atoms with Gasteiger partial charge in [0.15, 0.2) is 5.76 Å². The Labute approximate surface area is 165 Å². The van der Waals surface area contributed by atoms with Gasteiger partial charge in [0.2, 0.25) is 0 Å². The highest BCUT2D eigenvalue weighted by atomic mass is 16.5. The molecule has 146 valence electrons. The molecular weight excluding hydrogens is 354 g/mol. The van der Waals surface area contributed by atoms with Crippen molar-refractivity contribution in [3.63, 3.8) is 0 Å². The van der Waals surface area contributed by atoms with Gasteiger partial charge in [0.1, 0.15) is 23.9 Å². The zero-order valence-corrected chi connectivity index (χ0v) is 16.2. The first-order valence-corrected chi connectivity index (χ1v) is 9.49. The fraction of sp³-hybridized carbons (Fsp3) is 0.261. The second-order valence-corrected chi connectivity index (χ2v) is 6.30. The van der Waals surface area contributed by atoms with Crippen molar-refractivity contribution in [1.29, 1.82) is 0 Å². The van der Waals surface area contributed by atoms with Crippen LogP contribution in [0.25, 0.3) is 0 Å². The van der Waals surface area contributed by atoms with Gasteiger partial charge in [-0.2, -0.15) is 0 Å². The third-order valence-electron chi connectivity index (χ3n) is 4.32. The molecular formula is C23H25NO4. The minimum Gasteiger partial charge on any atom is -0.494 e. The maximum Gasteiger partial charge on any atom is 0.287 e. The van der Waals surface area contributed by atoms with Crippen LogP contribution in [0.15, 0.2) is 71.1 Å². The SMILES string of the molecule is CCOc1ccc(OCc2ccc(C(=O)NC(CC)c3ccccc3)o2)cc1. The predicted molar refractivity (Wildman–Crippen MR) is 108 cm³/mol. The molecule has 3 aromatic rings. The molecule has 0 bridgehead atoms. The minimum atomic E-state index is -0.233. The Morgan fingerprint density at radius 1 is 0.929 bits per heavy atom. The Morgan fingerprint density at radius 3 is 2.25 bits per heavy atom. The van der Waals surface area contributed by atoms with E-state index in [2.05, 4.69) is 5.32 Å². The lowest BCUT2D eigenvalue weighted by Gasteiger charge is -2.16. The van der Waals surface area contributed by atoms with E-state index < -0.39 is 0 Å². The number of carbonyl (C=O) groups excluding carboxylic acids is 1. The lowest BCUT2D eigenvalue weighted by atomic mass is 10.0. The van der Waals surface area contributed by atoms with Gasteiger partial charge in [-0.25, -0.2) is 0 Å². The van der Waals surface area contributed by atoms with E-state index in [1.165, 1.54) is 0 Å².